The Hall–Kier alpha value is -1.85. The number of aliphatic hydroxyl groups is 1. The zero-order chi connectivity index (χ0) is 15.4. The highest BCUT2D eigenvalue weighted by Crippen LogP contribution is 2.18. The highest BCUT2D eigenvalue weighted by molar-refractivity contribution is 6.31. The van der Waals surface area contributed by atoms with Crippen LogP contribution < -0.4 is 5.32 Å². The van der Waals surface area contributed by atoms with Gasteiger partial charge in [0.25, 0.3) is 0 Å². The Morgan fingerprint density at radius 1 is 1.48 bits per heavy atom. The second-order valence-electron chi connectivity index (χ2n) is 4.95. The molecule has 0 aliphatic carbocycles. The molecule has 1 heterocycles. The van der Waals surface area contributed by atoms with Crippen LogP contribution in [0.5, 0.6) is 0 Å². The van der Waals surface area contributed by atoms with Crippen LogP contribution in [0, 0.1) is 6.92 Å². The maximum absolute atomic E-state index is 12.1. The van der Waals surface area contributed by atoms with Gasteiger partial charge in [0, 0.05) is 18.3 Å². The fraction of sp³-hybridized carbons (Fsp3) is 0.333. The zero-order valence-corrected chi connectivity index (χ0v) is 12.8. The number of amides is 1. The minimum absolute atomic E-state index is 0.174. The number of carbonyl (C=O) groups excluding carboxylic acids is 1. The number of benzene rings is 1. The first-order valence-electron chi connectivity index (χ1n) is 6.64. The van der Waals surface area contributed by atoms with Gasteiger partial charge in [-0.05, 0) is 30.2 Å². The standard InChI is InChI=1S/C15H18ClN3O2/c1-10-3-4-11(12(16)7-10)8-15(21)18-13(9-20)14-5-6-17-19(14)2/h3-7,13,20H,8-9H2,1-2H3,(H,18,21). The molecule has 0 bridgehead atoms. The third-order valence-electron chi connectivity index (χ3n) is 3.29. The third kappa shape index (κ3) is 3.83. The van der Waals surface area contributed by atoms with E-state index in [1.54, 1.807) is 24.0 Å². The van der Waals surface area contributed by atoms with Crippen LogP contribution in [0.4, 0.5) is 0 Å². The number of carbonyl (C=O) groups is 1. The number of aryl methyl sites for hydroxylation is 2. The fourth-order valence-electron chi connectivity index (χ4n) is 2.15. The number of nitrogens with one attached hydrogen (secondary N) is 1. The molecule has 1 aromatic carbocycles. The first kappa shape index (κ1) is 15.5. The smallest absolute Gasteiger partial charge is 0.225 e. The summed E-state index contributed by atoms with van der Waals surface area (Å²) in [6.45, 7) is 1.76. The van der Waals surface area contributed by atoms with E-state index in [1.807, 2.05) is 25.1 Å². The van der Waals surface area contributed by atoms with Gasteiger partial charge >= 0.3 is 0 Å². The number of rotatable bonds is 5. The Bertz CT molecular complexity index is 640. The molecule has 0 aliphatic heterocycles. The van der Waals surface area contributed by atoms with Crippen LogP contribution in [0.1, 0.15) is 22.9 Å². The molecule has 0 aliphatic rings. The summed E-state index contributed by atoms with van der Waals surface area (Å²) in [7, 11) is 1.76. The molecule has 0 saturated heterocycles. The van der Waals surface area contributed by atoms with Gasteiger partial charge in [-0.25, -0.2) is 0 Å². The van der Waals surface area contributed by atoms with Crippen LogP contribution in [0.15, 0.2) is 30.5 Å². The van der Waals surface area contributed by atoms with Crippen molar-refractivity contribution in [3.05, 3.63) is 52.3 Å². The van der Waals surface area contributed by atoms with Gasteiger partial charge in [-0.15, -0.1) is 0 Å². The number of nitrogens with zero attached hydrogens (tertiary/aromatic N) is 2. The second-order valence-corrected chi connectivity index (χ2v) is 5.36. The van der Waals surface area contributed by atoms with E-state index in [0.29, 0.717) is 5.02 Å². The quantitative estimate of drug-likeness (QED) is 0.885. The van der Waals surface area contributed by atoms with Crippen LogP contribution in [0.2, 0.25) is 5.02 Å². The van der Waals surface area contributed by atoms with Crippen LogP contribution in [-0.2, 0) is 18.3 Å². The van der Waals surface area contributed by atoms with Gasteiger partial charge in [-0.2, -0.15) is 5.10 Å². The van der Waals surface area contributed by atoms with E-state index in [2.05, 4.69) is 10.4 Å². The van der Waals surface area contributed by atoms with Gasteiger partial charge in [-0.3, -0.25) is 9.48 Å². The summed E-state index contributed by atoms with van der Waals surface area (Å²) in [5.41, 5.74) is 2.56. The predicted octanol–water partition coefficient (Wildman–Crippen LogP) is 1.77. The summed E-state index contributed by atoms with van der Waals surface area (Å²) in [6, 6.07) is 6.87. The van der Waals surface area contributed by atoms with Crippen molar-refractivity contribution >= 4 is 17.5 Å². The molecule has 1 atom stereocenters. The lowest BCUT2D eigenvalue weighted by molar-refractivity contribution is -0.121. The molecular weight excluding hydrogens is 290 g/mol. The molecule has 6 heteroatoms. The molecule has 2 aromatic rings. The molecule has 1 unspecified atom stereocenters. The van der Waals surface area contributed by atoms with Crippen molar-refractivity contribution in [2.75, 3.05) is 6.61 Å². The minimum Gasteiger partial charge on any atom is -0.394 e. The van der Waals surface area contributed by atoms with Gasteiger partial charge in [-0.1, -0.05) is 23.7 Å². The van der Waals surface area contributed by atoms with Crippen LogP contribution in [-0.4, -0.2) is 27.4 Å². The first-order chi connectivity index (χ1) is 10.0. The highest BCUT2D eigenvalue weighted by atomic mass is 35.5. The van der Waals surface area contributed by atoms with Crippen LogP contribution >= 0.6 is 11.6 Å². The first-order valence-corrected chi connectivity index (χ1v) is 7.02. The summed E-state index contributed by atoms with van der Waals surface area (Å²) in [5.74, 6) is -0.194. The molecule has 1 aromatic heterocycles. The molecular formula is C15H18ClN3O2. The minimum atomic E-state index is -0.478. The lowest BCUT2D eigenvalue weighted by Gasteiger charge is -2.17. The van der Waals surface area contributed by atoms with E-state index in [4.69, 9.17) is 11.6 Å². The Morgan fingerprint density at radius 2 is 2.24 bits per heavy atom. The Kier molecular flexibility index (Phi) is 4.98. The summed E-state index contributed by atoms with van der Waals surface area (Å²) in [4.78, 5) is 12.1. The Morgan fingerprint density at radius 3 is 2.81 bits per heavy atom. The largest absolute Gasteiger partial charge is 0.394 e. The van der Waals surface area contributed by atoms with Crippen LogP contribution in [0.25, 0.3) is 0 Å². The third-order valence-corrected chi connectivity index (χ3v) is 3.65. The molecule has 112 valence electrons. The second kappa shape index (κ2) is 6.74. The highest BCUT2D eigenvalue weighted by Gasteiger charge is 2.17. The van der Waals surface area contributed by atoms with Crippen molar-refractivity contribution in [3.63, 3.8) is 0 Å². The van der Waals surface area contributed by atoms with Crippen LogP contribution in [0.3, 0.4) is 0 Å². The maximum Gasteiger partial charge on any atom is 0.225 e. The summed E-state index contributed by atoms with van der Waals surface area (Å²) in [6.07, 6.45) is 1.80. The summed E-state index contributed by atoms with van der Waals surface area (Å²) < 4.78 is 1.63. The number of aliphatic hydroxyl groups excluding tert-OH is 1. The molecule has 0 spiro atoms. The molecule has 2 rings (SSSR count). The number of aromatic nitrogens is 2. The van der Waals surface area contributed by atoms with Gasteiger partial charge in [0.05, 0.1) is 24.8 Å². The molecule has 2 N–H and O–H groups in total. The molecule has 0 saturated carbocycles. The zero-order valence-electron chi connectivity index (χ0n) is 12.0. The topological polar surface area (TPSA) is 67.2 Å². The molecule has 1 amide bonds. The number of halogens is 1. The average molecular weight is 308 g/mol. The molecule has 0 fully saturated rings. The van der Waals surface area contributed by atoms with Crippen molar-refractivity contribution in [1.29, 1.82) is 0 Å². The van der Waals surface area contributed by atoms with Gasteiger partial charge < -0.3 is 10.4 Å². The van der Waals surface area contributed by atoms with E-state index >= 15 is 0 Å². The van der Waals surface area contributed by atoms with Crippen molar-refractivity contribution < 1.29 is 9.90 Å². The van der Waals surface area contributed by atoms with E-state index in [9.17, 15) is 9.90 Å². The van der Waals surface area contributed by atoms with Gasteiger partial charge in [0.2, 0.25) is 5.91 Å². The fourth-order valence-corrected chi connectivity index (χ4v) is 2.45. The van der Waals surface area contributed by atoms with E-state index < -0.39 is 6.04 Å². The SMILES string of the molecule is Cc1ccc(CC(=O)NC(CO)c2ccnn2C)c(Cl)c1. The Balaban J connectivity index is 2.05. The average Bonchev–Trinajstić information content (AvgIpc) is 2.85. The monoisotopic (exact) mass is 307 g/mol. The number of hydrogen-bond donors (Lipinski definition) is 2. The van der Waals surface area contributed by atoms with Crippen molar-refractivity contribution in [1.82, 2.24) is 15.1 Å². The lowest BCUT2D eigenvalue weighted by Crippen LogP contribution is -2.33. The van der Waals surface area contributed by atoms with E-state index in [1.165, 1.54) is 0 Å². The number of hydrogen-bond acceptors (Lipinski definition) is 3. The predicted molar refractivity (Wildman–Crippen MR) is 81.1 cm³/mol. The van der Waals surface area contributed by atoms with Crippen molar-refractivity contribution in [2.45, 2.75) is 19.4 Å². The van der Waals surface area contributed by atoms with Crippen molar-refractivity contribution in [2.24, 2.45) is 7.05 Å². The Labute approximate surface area is 128 Å². The van der Waals surface area contributed by atoms with Crippen molar-refractivity contribution in [3.8, 4) is 0 Å². The molecule has 5 nitrogen and oxygen atoms in total. The normalized spacial score (nSPS) is 12.2. The van der Waals surface area contributed by atoms with Gasteiger partial charge in [0.1, 0.15) is 0 Å². The van der Waals surface area contributed by atoms with E-state index in [0.717, 1.165) is 16.8 Å². The van der Waals surface area contributed by atoms with E-state index in [-0.39, 0.29) is 18.9 Å². The summed E-state index contributed by atoms with van der Waals surface area (Å²) in [5, 5.41) is 16.8. The lowest BCUT2D eigenvalue weighted by atomic mass is 10.1. The molecule has 0 radical (unpaired) electrons. The maximum atomic E-state index is 12.1. The molecule has 21 heavy (non-hydrogen) atoms. The summed E-state index contributed by atoms with van der Waals surface area (Å²) >= 11 is 6.13. The van der Waals surface area contributed by atoms with Gasteiger partial charge in [0.15, 0.2) is 0 Å².